The van der Waals surface area contributed by atoms with Crippen LogP contribution in [0.25, 0.3) is 0 Å². The minimum absolute atomic E-state index is 0.0534. The van der Waals surface area contributed by atoms with Gasteiger partial charge in [0.1, 0.15) is 5.75 Å². The van der Waals surface area contributed by atoms with Crippen LogP contribution in [0.15, 0.2) is 42.5 Å². The van der Waals surface area contributed by atoms with Gasteiger partial charge in [-0.25, -0.2) is 0 Å². The fraction of sp³-hybridized carbons (Fsp3) is 0.278. The molecule has 0 radical (unpaired) electrons. The fourth-order valence-corrected chi connectivity index (χ4v) is 3.24. The molecule has 2 aromatic carbocycles. The Morgan fingerprint density at radius 3 is 2.84 bits per heavy atom. The van der Waals surface area contributed by atoms with Crippen molar-refractivity contribution in [2.24, 2.45) is 0 Å². The minimum atomic E-state index is -2.94. The third kappa shape index (κ3) is 3.85. The summed E-state index contributed by atoms with van der Waals surface area (Å²) >= 11 is 5.91. The van der Waals surface area contributed by atoms with Crippen LogP contribution in [0, 0.1) is 0 Å². The summed E-state index contributed by atoms with van der Waals surface area (Å²) in [5.74, 6) is -0.169. The molecule has 0 aromatic heterocycles. The number of alkyl halides is 2. The van der Waals surface area contributed by atoms with E-state index in [9.17, 15) is 13.6 Å². The highest BCUT2D eigenvalue weighted by Gasteiger charge is 2.30. The number of nitrogens with one attached hydrogen (secondary N) is 1. The normalized spacial score (nSPS) is 16.0. The van der Waals surface area contributed by atoms with Gasteiger partial charge in [0, 0.05) is 17.4 Å². The van der Waals surface area contributed by atoms with Crippen LogP contribution in [0.4, 0.5) is 20.2 Å². The maximum atomic E-state index is 12.6. The van der Waals surface area contributed by atoms with Crippen LogP contribution in [-0.2, 0) is 11.2 Å². The number of para-hydroxylation sites is 1. The molecule has 7 heteroatoms. The van der Waals surface area contributed by atoms with E-state index in [4.69, 9.17) is 11.6 Å². The molecule has 0 fully saturated rings. The summed E-state index contributed by atoms with van der Waals surface area (Å²) < 4.78 is 28.8. The van der Waals surface area contributed by atoms with Crippen LogP contribution in [0.5, 0.6) is 5.75 Å². The van der Waals surface area contributed by atoms with Crippen LogP contribution in [0.3, 0.4) is 0 Å². The number of hydrogen-bond acceptors (Lipinski definition) is 3. The number of carbonyl (C=O) groups is 1. The minimum Gasteiger partial charge on any atom is -0.433 e. The molecule has 1 aliphatic rings. The lowest BCUT2D eigenvalue weighted by Gasteiger charge is -2.23. The molecule has 0 saturated heterocycles. The van der Waals surface area contributed by atoms with E-state index in [0.717, 1.165) is 17.7 Å². The van der Waals surface area contributed by atoms with Crippen LogP contribution in [-0.4, -0.2) is 25.1 Å². The van der Waals surface area contributed by atoms with E-state index < -0.39 is 6.61 Å². The molecule has 1 aliphatic heterocycles. The summed E-state index contributed by atoms with van der Waals surface area (Å²) in [7, 11) is 0. The van der Waals surface area contributed by atoms with E-state index in [0.29, 0.717) is 5.69 Å². The number of ether oxygens (including phenoxy) is 1. The molecule has 1 heterocycles. The molecule has 1 atom stereocenters. The van der Waals surface area contributed by atoms with Crippen molar-refractivity contribution in [1.82, 2.24) is 0 Å². The SMILES string of the molecule is C[C@H]1Cc2ccccc2N1C(=O)CNc1ccc(OC(F)F)c(Cl)c1. The van der Waals surface area contributed by atoms with Gasteiger partial charge in [0.25, 0.3) is 0 Å². The van der Waals surface area contributed by atoms with Crippen molar-refractivity contribution in [2.75, 3.05) is 16.8 Å². The molecule has 4 nitrogen and oxygen atoms in total. The predicted molar refractivity (Wildman–Crippen MR) is 93.7 cm³/mol. The lowest BCUT2D eigenvalue weighted by Crippen LogP contribution is -2.39. The van der Waals surface area contributed by atoms with Gasteiger partial charge < -0.3 is 15.0 Å². The van der Waals surface area contributed by atoms with Gasteiger partial charge in [-0.1, -0.05) is 29.8 Å². The number of nitrogens with zero attached hydrogens (tertiary/aromatic N) is 1. The van der Waals surface area contributed by atoms with E-state index in [2.05, 4.69) is 10.1 Å². The standard InChI is InChI=1S/C18H17ClF2N2O2/c1-11-8-12-4-2-3-5-15(12)23(11)17(24)10-22-13-6-7-16(14(19)9-13)25-18(20)21/h2-7,9,11,18,22H,8,10H2,1H3/t11-/m0/s1. The molecule has 3 rings (SSSR count). The highest BCUT2D eigenvalue weighted by Crippen LogP contribution is 2.32. The molecule has 132 valence electrons. The Kier molecular flexibility index (Phi) is 5.08. The van der Waals surface area contributed by atoms with Crippen LogP contribution in [0.2, 0.25) is 5.02 Å². The third-order valence-corrected chi connectivity index (χ3v) is 4.36. The Balaban J connectivity index is 1.66. The summed E-state index contributed by atoms with van der Waals surface area (Å²) in [6.07, 6.45) is 0.827. The Hall–Kier alpha value is -2.34. The van der Waals surface area contributed by atoms with Gasteiger partial charge in [0.2, 0.25) is 5.91 Å². The van der Waals surface area contributed by atoms with E-state index in [1.54, 1.807) is 4.90 Å². The maximum Gasteiger partial charge on any atom is 0.387 e. The second-order valence-corrected chi connectivity index (χ2v) is 6.23. The van der Waals surface area contributed by atoms with E-state index in [1.807, 2.05) is 31.2 Å². The predicted octanol–water partition coefficient (Wildman–Crippen LogP) is 4.33. The van der Waals surface area contributed by atoms with E-state index >= 15 is 0 Å². The summed E-state index contributed by atoms with van der Waals surface area (Å²) in [6, 6.07) is 12.3. The first-order valence-electron chi connectivity index (χ1n) is 7.84. The summed E-state index contributed by atoms with van der Waals surface area (Å²) in [4.78, 5) is 14.4. The molecule has 25 heavy (non-hydrogen) atoms. The molecule has 0 saturated carbocycles. The highest BCUT2D eigenvalue weighted by atomic mass is 35.5. The van der Waals surface area contributed by atoms with Gasteiger partial charge in [0.05, 0.1) is 11.6 Å². The average Bonchev–Trinajstić information content (AvgIpc) is 2.90. The first-order valence-corrected chi connectivity index (χ1v) is 8.21. The van der Waals surface area contributed by atoms with Crippen molar-refractivity contribution in [3.8, 4) is 5.75 Å². The van der Waals surface area contributed by atoms with Crippen LogP contribution in [0.1, 0.15) is 12.5 Å². The number of benzene rings is 2. The fourth-order valence-electron chi connectivity index (χ4n) is 3.01. The Labute approximate surface area is 149 Å². The molecule has 2 aromatic rings. The topological polar surface area (TPSA) is 41.6 Å². The van der Waals surface area contributed by atoms with Gasteiger partial charge in [-0.2, -0.15) is 8.78 Å². The zero-order chi connectivity index (χ0) is 18.0. The maximum absolute atomic E-state index is 12.6. The summed E-state index contributed by atoms with van der Waals surface area (Å²) in [5, 5.41) is 3.03. The van der Waals surface area contributed by atoms with E-state index in [-0.39, 0.29) is 29.3 Å². The molecule has 0 spiro atoms. The molecule has 0 unspecified atom stereocenters. The molecular weight excluding hydrogens is 350 g/mol. The number of carbonyl (C=O) groups excluding carboxylic acids is 1. The molecule has 1 amide bonds. The monoisotopic (exact) mass is 366 g/mol. The molecule has 1 N–H and O–H groups in total. The second-order valence-electron chi connectivity index (χ2n) is 5.82. The average molecular weight is 367 g/mol. The van der Waals surface area contributed by atoms with Crippen molar-refractivity contribution in [1.29, 1.82) is 0 Å². The lowest BCUT2D eigenvalue weighted by atomic mass is 10.1. The number of halogens is 3. The number of rotatable bonds is 5. The molecule has 0 aliphatic carbocycles. The Bertz CT molecular complexity index is 785. The van der Waals surface area contributed by atoms with Gasteiger partial charge in [-0.15, -0.1) is 0 Å². The Morgan fingerprint density at radius 1 is 1.36 bits per heavy atom. The van der Waals surface area contributed by atoms with Crippen molar-refractivity contribution in [3.63, 3.8) is 0 Å². The van der Waals surface area contributed by atoms with Gasteiger partial charge in [-0.3, -0.25) is 4.79 Å². The van der Waals surface area contributed by atoms with Gasteiger partial charge >= 0.3 is 6.61 Å². The first-order chi connectivity index (χ1) is 12.0. The number of anilines is 2. The lowest BCUT2D eigenvalue weighted by molar-refractivity contribution is -0.117. The Morgan fingerprint density at radius 2 is 2.12 bits per heavy atom. The number of fused-ring (bicyclic) bond motifs is 1. The largest absolute Gasteiger partial charge is 0.433 e. The zero-order valence-corrected chi connectivity index (χ0v) is 14.3. The van der Waals surface area contributed by atoms with Gasteiger partial charge in [-0.05, 0) is 43.2 Å². The number of amides is 1. The van der Waals surface area contributed by atoms with Crippen molar-refractivity contribution in [2.45, 2.75) is 26.0 Å². The zero-order valence-electron chi connectivity index (χ0n) is 13.5. The van der Waals surface area contributed by atoms with Crippen LogP contribution < -0.4 is 15.0 Å². The molecule has 0 bridgehead atoms. The van der Waals surface area contributed by atoms with Crippen molar-refractivity contribution in [3.05, 3.63) is 53.1 Å². The highest BCUT2D eigenvalue weighted by molar-refractivity contribution is 6.32. The first kappa shape index (κ1) is 17.5. The van der Waals surface area contributed by atoms with Gasteiger partial charge in [0.15, 0.2) is 0 Å². The second kappa shape index (κ2) is 7.27. The molecular formula is C18H17ClF2N2O2. The summed E-state index contributed by atoms with van der Waals surface area (Å²) in [6.45, 7) is -0.857. The van der Waals surface area contributed by atoms with E-state index in [1.165, 1.54) is 18.2 Å². The number of hydrogen-bond donors (Lipinski definition) is 1. The van der Waals surface area contributed by atoms with Crippen LogP contribution >= 0.6 is 11.6 Å². The summed E-state index contributed by atoms with van der Waals surface area (Å²) in [5.41, 5.74) is 2.64. The van der Waals surface area contributed by atoms with Crippen molar-refractivity contribution >= 4 is 28.9 Å². The third-order valence-electron chi connectivity index (χ3n) is 4.07. The quantitative estimate of drug-likeness (QED) is 0.856. The smallest absolute Gasteiger partial charge is 0.387 e. The van der Waals surface area contributed by atoms with Crippen molar-refractivity contribution < 1.29 is 18.3 Å².